The van der Waals surface area contributed by atoms with Crippen molar-refractivity contribution in [2.75, 3.05) is 14.2 Å². The minimum atomic E-state index is -0.714. The Morgan fingerprint density at radius 1 is 1.10 bits per heavy atom. The first-order valence-corrected chi connectivity index (χ1v) is 9.75. The zero-order valence-corrected chi connectivity index (χ0v) is 17.4. The average molecular weight is 403 g/mol. The van der Waals surface area contributed by atoms with Crippen molar-refractivity contribution in [3.05, 3.63) is 45.7 Å². The maximum Gasteiger partial charge on any atom is 0.299 e. The van der Waals surface area contributed by atoms with Crippen LogP contribution in [0.1, 0.15) is 55.5 Å². The molecule has 2 aromatic rings. The fraction of sp³-hybridized carbons (Fsp3) is 0.455. The van der Waals surface area contributed by atoms with E-state index in [9.17, 15) is 19.8 Å². The van der Waals surface area contributed by atoms with Crippen LogP contribution < -0.4 is 15.0 Å². The Morgan fingerprint density at radius 2 is 1.76 bits per heavy atom. The summed E-state index contributed by atoms with van der Waals surface area (Å²) >= 11 is 0. The lowest BCUT2D eigenvalue weighted by Gasteiger charge is -2.18. The van der Waals surface area contributed by atoms with E-state index in [1.54, 1.807) is 38.3 Å². The molecule has 1 heterocycles. The molecule has 1 unspecified atom stereocenters. The van der Waals surface area contributed by atoms with Crippen LogP contribution in [0, 0.1) is 5.92 Å². The van der Waals surface area contributed by atoms with Crippen LogP contribution in [-0.2, 0) is 6.54 Å². The van der Waals surface area contributed by atoms with Gasteiger partial charge in [-0.05, 0) is 24.1 Å². The first-order valence-electron chi connectivity index (χ1n) is 9.75. The molecule has 158 valence electrons. The van der Waals surface area contributed by atoms with Crippen molar-refractivity contribution < 1.29 is 24.5 Å². The highest BCUT2D eigenvalue weighted by atomic mass is 16.5. The van der Waals surface area contributed by atoms with Gasteiger partial charge in [-0.25, -0.2) is 0 Å². The Bertz CT molecular complexity index is 901. The first-order chi connectivity index (χ1) is 13.8. The van der Waals surface area contributed by atoms with Crippen LogP contribution in [0.25, 0.3) is 0 Å². The SMILES string of the molecule is CCCCCC(C)C(=O)c1c(O)c(OC)c(=O)n(Cc2ccc(OC)cc2)c1O. The number of hydrogen-bond donors (Lipinski definition) is 2. The quantitative estimate of drug-likeness (QED) is 0.463. The monoisotopic (exact) mass is 403 g/mol. The number of Topliss-reactive ketones (excluding diaryl/α,β-unsaturated/α-hetero) is 1. The third kappa shape index (κ3) is 4.91. The molecule has 0 saturated heterocycles. The van der Waals surface area contributed by atoms with E-state index >= 15 is 0 Å². The van der Waals surface area contributed by atoms with Gasteiger partial charge in [-0.15, -0.1) is 0 Å². The fourth-order valence-corrected chi connectivity index (χ4v) is 3.22. The molecule has 0 aliphatic heterocycles. The maximum atomic E-state index is 12.9. The van der Waals surface area contributed by atoms with Gasteiger partial charge in [0.25, 0.3) is 5.56 Å². The number of methoxy groups -OCH3 is 2. The molecule has 7 heteroatoms. The minimum absolute atomic E-state index is 0.00972. The van der Waals surface area contributed by atoms with E-state index in [1.807, 2.05) is 0 Å². The first kappa shape index (κ1) is 22.3. The molecule has 0 fully saturated rings. The second-order valence-corrected chi connectivity index (χ2v) is 7.08. The van der Waals surface area contributed by atoms with Crippen molar-refractivity contribution in [1.82, 2.24) is 4.57 Å². The summed E-state index contributed by atoms with van der Waals surface area (Å²) in [6.07, 6.45) is 3.52. The third-order valence-corrected chi connectivity index (χ3v) is 5.01. The summed E-state index contributed by atoms with van der Waals surface area (Å²) in [6, 6.07) is 6.96. The second-order valence-electron chi connectivity index (χ2n) is 7.08. The Balaban J connectivity index is 2.47. The highest BCUT2D eigenvalue weighted by Crippen LogP contribution is 2.35. The smallest absolute Gasteiger partial charge is 0.299 e. The molecule has 7 nitrogen and oxygen atoms in total. The second kappa shape index (κ2) is 10.0. The molecule has 0 saturated carbocycles. The van der Waals surface area contributed by atoms with Gasteiger partial charge in [-0.3, -0.25) is 14.2 Å². The van der Waals surface area contributed by atoms with Gasteiger partial charge >= 0.3 is 0 Å². The molecule has 2 N–H and O–H groups in total. The number of carbonyl (C=O) groups excluding carboxylic acids is 1. The van der Waals surface area contributed by atoms with Crippen LogP contribution in [0.5, 0.6) is 23.1 Å². The highest BCUT2D eigenvalue weighted by molar-refractivity contribution is 6.02. The lowest BCUT2D eigenvalue weighted by Crippen LogP contribution is -2.25. The van der Waals surface area contributed by atoms with Crippen molar-refractivity contribution in [3.8, 4) is 23.1 Å². The Kier molecular flexibility index (Phi) is 7.70. The van der Waals surface area contributed by atoms with Gasteiger partial charge in [0.05, 0.1) is 20.8 Å². The summed E-state index contributed by atoms with van der Waals surface area (Å²) in [5, 5.41) is 21.2. The summed E-state index contributed by atoms with van der Waals surface area (Å²) in [5.41, 5.74) is -0.280. The van der Waals surface area contributed by atoms with Gasteiger partial charge in [0.1, 0.15) is 11.3 Å². The molecular formula is C22H29NO6. The topological polar surface area (TPSA) is 98.0 Å². The van der Waals surface area contributed by atoms with E-state index in [4.69, 9.17) is 9.47 Å². The molecule has 2 rings (SSSR count). The van der Waals surface area contributed by atoms with Crippen molar-refractivity contribution in [3.63, 3.8) is 0 Å². The van der Waals surface area contributed by atoms with Gasteiger partial charge in [0.15, 0.2) is 11.5 Å². The Labute approximate surface area is 170 Å². The number of ether oxygens (including phenoxy) is 2. The summed E-state index contributed by atoms with van der Waals surface area (Å²) in [5.74, 6) is -1.71. The number of aromatic nitrogens is 1. The molecule has 0 bridgehead atoms. The molecule has 29 heavy (non-hydrogen) atoms. The number of aromatic hydroxyl groups is 2. The number of ketones is 1. The van der Waals surface area contributed by atoms with Crippen LogP contribution in [0.2, 0.25) is 0 Å². The fourth-order valence-electron chi connectivity index (χ4n) is 3.22. The standard InChI is InChI=1S/C22H29NO6/c1-5-6-7-8-14(2)18(24)17-19(25)20(29-4)22(27)23(21(17)26)13-15-9-11-16(28-3)12-10-15/h9-12,14,25-26H,5-8,13H2,1-4H3. The minimum Gasteiger partial charge on any atom is -0.503 e. The van der Waals surface area contributed by atoms with E-state index in [-0.39, 0.29) is 17.9 Å². The highest BCUT2D eigenvalue weighted by Gasteiger charge is 2.29. The van der Waals surface area contributed by atoms with E-state index < -0.39 is 28.9 Å². The molecule has 0 radical (unpaired) electrons. The molecule has 1 atom stereocenters. The number of pyridine rings is 1. The van der Waals surface area contributed by atoms with Crippen LogP contribution in [-0.4, -0.2) is 34.8 Å². The zero-order valence-electron chi connectivity index (χ0n) is 17.4. The Morgan fingerprint density at radius 3 is 2.31 bits per heavy atom. The van der Waals surface area contributed by atoms with Gasteiger partial charge in [0.2, 0.25) is 11.6 Å². The van der Waals surface area contributed by atoms with E-state index in [0.717, 1.165) is 23.8 Å². The molecule has 0 aliphatic rings. The molecule has 1 aromatic heterocycles. The molecule has 1 aromatic carbocycles. The van der Waals surface area contributed by atoms with Crippen molar-refractivity contribution in [1.29, 1.82) is 0 Å². The summed E-state index contributed by atoms with van der Waals surface area (Å²) in [4.78, 5) is 25.6. The van der Waals surface area contributed by atoms with Gasteiger partial charge in [-0.1, -0.05) is 45.2 Å². The molecule has 0 amide bonds. The predicted molar refractivity (Wildman–Crippen MR) is 110 cm³/mol. The summed E-state index contributed by atoms with van der Waals surface area (Å²) in [7, 11) is 2.79. The lowest BCUT2D eigenvalue weighted by molar-refractivity contribution is 0.0913. The number of nitrogens with zero attached hydrogens (tertiary/aromatic N) is 1. The van der Waals surface area contributed by atoms with Crippen molar-refractivity contribution in [2.24, 2.45) is 5.92 Å². The zero-order chi connectivity index (χ0) is 21.6. The molecule has 0 aliphatic carbocycles. The predicted octanol–water partition coefficient (Wildman–Crippen LogP) is 3.72. The number of hydrogen-bond acceptors (Lipinski definition) is 6. The van der Waals surface area contributed by atoms with Gasteiger partial charge in [0, 0.05) is 5.92 Å². The third-order valence-electron chi connectivity index (χ3n) is 5.01. The van der Waals surface area contributed by atoms with Crippen LogP contribution in [0.3, 0.4) is 0 Å². The molecular weight excluding hydrogens is 374 g/mol. The van der Waals surface area contributed by atoms with E-state index in [2.05, 4.69) is 6.92 Å². The van der Waals surface area contributed by atoms with Crippen molar-refractivity contribution in [2.45, 2.75) is 46.1 Å². The average Bonchev–Trinajstić information content (AvgIpc) is 2.72. The number of carbonyl (C=O) groups is 1. The largest absolute Gasteiger partial charge is 0.503 e. The van der Waals surface area contributed by atoms with Gasteiger partial charge in [-0.2, -0.15) is 0 Å². The molecule has 0 spiro atoms. The normalized spacial score (nSPS) is 11.9. The van der Waals surface area contributed by atoms with Crippen LogP contribution in [0.15, 0.2) is 29.1 Å². The Hall–Kier alpha value is -2.96. The summed E-state index contributed by atoms with van der Waals surface area (Å²) < 4.78 is 11.2. The van der Waals surface area contributed by atoms with E-state index in [0.29, 0.717) is 17.7 Å². The maximum absolute atomic E-state index is 12.9. The van der Waals surface area contributed by atoms with Gasteiger partial charge < -0.3 is 19.7 Å². The lowest BCUT2D eigenvalue weighted by atomic mass is 9.93. The van der Waals surface area contributed by atoms with Crippen molar-refractivity contribution >= 4 is 5.78 Å². The van der Waals surface area contributed by atoms with Crippen LogP contribution >= 0.6 is 0 Å². The number of unbranched alkanes of at least 4 members (excludes halogenated alkanes) is 2. The van der Waals surface area contributed by atoms with Crippen LogP contribution in [0.4, 0.5) is 0 Å². The van der Waals surface area contributed by atoms with E-state index in [1.165, 1.54) is 7.11 Å². The number of benzene rings is 1. The number of rotatable bonds is 10. The summed E-state index contributed by atoms with van der Waals surface area (Å²) in [6.45, 7) is 3.84.